The predicted octanol–water partition coefficient (Wildman–Crippen LogP) is 3.62. The van der Waals surface area contributed by atoms with Crippen LogP contribution in [0.25, 0.3) is 0 Å². The van der Waals surface area contributed by atoms with Gasteiger partial charge in [-0.1, -0.05) is 42.1 Å². The number of hydrogen-bond acceptors (Lipinski definition) is 5. The van der Waals surface area contributed by atoms with E-state index >= 15 is 0 Å². The number of benzene rings is 2. The van der Waals surface area contributed by atoms with Gasteiger partial charge >= 0.3 is 6.03 Å². The van der Waals surface area contributed by atoms with Gasteiger partial charge in [-0.25, -0.2) is 13.6 Å². The van der Waals surface area contributed by atoms with E-state index in [1.165, 1.54) is 23.9 Å². The molecule has 0 saturated heterocycles. The molecule has 3 rings (SSSR count). The van der Waals surface area contributed by atoms with Gasteiger partial charge in [0.05, 0.1) is 6.61 Å². The Labute approximate surface area is 178 Å². The molecule has 1 unspecified atom stereocenters. The van der Waals surface area contributed by atoms with Gasteiger partial charge in [0, 0.05) is 19.2 Å². The van der Waals surface area contributed by atoms with E-state index in [2.05, 4.69) is 10.4 Å². The van der Waals surface area contributed by atoms with Gasteiger partial charge in [-0.15, -0.1) is 0 Å². The number of rotatable bonds is 8. The average Bonchev–Trinajstić information content (AvgIpc) is 3.15. The highest BCUT2D eigenvalue weighted by Gasteiger charge is 2.48. The molecule has 0 bridgehead atoms. The van der Waals surface area contributed by atoms with Crippen LogP contribution in [0.2, 0.25) is 0 Å². The number of carbonyl (C=O) groups is 1. The number of urea groups is 1. The number of nitrogens with one attached hydrogen (secondary N) is 1. The lowest BCUT2D eigenvalue weighted by Crippen LogP contribution is -2.47. The smallest absolute Gasteiger partial charge is 0.339 e. The Morgan fingerprint density at radius 2 is 2.03 bits per heavy atom. The van der Waals surface area contributed by atoms with Crippen molar-refractivity contribution in [3.8, 4) is 0 Å². The molecule has 2 aromatic rings. The minimum Gasteiger partial charge on any atom is -0.383 e. The van der Waals surface area contributed by atoms with Gasteiger partial charge in [0.25, 0.3) is 0 Å². The van der Waals surface area contributed by atoms with Crippen LogP contribution in [-0.4, -0.2) is 42.9 Å². The molecule has 1 heterocycles. The third-order valence-electron chi connectivity index (χ3n) is 4.68. The van der Waals surface area contributed by atoms with Crippen molar-refractivity contribution in [1.29, 1.82) is 0 Å². The van der Waals surface area contributed by atoms with Gasteiger partial charge < -0.3 is 15.8 Å². The summed E-state index contributed by atoms with van der Waals surface area (Å²) in [4.78, 5) is 12.1. The third-order valence-corrected chi connectivity index (χ3v) is 6.12. The predicted molar refractivity (Wildman–Crippen MR) is 114 cm³/mol. The van der Waals surface area contributed by atoms with E-state index < -0.39 is 22.5 Å². The van der Waals surface area contributed by atoms with Crippen LogP contribution in [0.3, 0.4) is 0 Å². The van der Waals surface area contributed by atoms with Crippen LogP contribution >= 0.6 is 11.8 Å². The molecular formula is C21H24F2N4O2S. The highest BCUT2D eigenvalue weighted by atomic mass is 32.2. The van der Waals surface area contributed by atoms with Gasteiger partial charge in [0.1, 0.15) is 21.5 Å². The third kappa shape index (κ3) is 4.63. The minimum absolute atomic E-state index is 0.0141. The van der Waals surface area contributed by atoms with Gasteiger partial charge in [-0.2, -0.15) is 10.1 Å². The number of carbonyl (C=O) groups excluding carboxylic acids is 1. The van der Waals surface area contributed by atoms with E-state index in [9.17, 15) is 13.6 Å². The molecule has 0 saturated carbocycles. The van der Waals surface area contributed by atoms with Gasteiger partial charge in [-0.05, 0) is 43.1 Å². The van der Waals surface area contributed by atoms with Crippen molar-refractivity contribution in [2.45, 2.75) is 17.7 Å². The molecule has 0 radical (unpaired) electrons. The molecule has 160 valence electrons. The summed E-state index contributed by atoms with van der Waals surface area (Å²) in [7, 11) is 1.54. The number of hydrazone groups is 1. The van der Waals surface area contributed by atoms with E-state index in [-0.39, 0.29) is 17.2 Å². The Hall–Kier alpha value is -2.49. The summed E-state index contributed by atoms with van der Waals surface area (Å²) < 4.78 is 33.3. The summed E-state index contributed by atoms with van der Waals surface area (Å²) >= 11 is 1.22. The summed E-state index contributed by atoms with van der Waals surface area (Å²) in [6, 6.07) is 12.1. The number of ether oxygens (including phenoxy) is 1. The van der Waals surface area contributed by atoms with Crippen molar-refractivity contribution in [3.63, 3.8) is 0 Å². The van der Waals surface area contributed by atoms with Crippen LogP contribution in [0.4, 0.5) is 13.6 Å². The number of nitrogens with two attached hydrogens (primary N) is 1. The number of amides is 2. The van der Waals surface area contributed by atoms with E-state index in [4.69, 9.17) is 10.5 Å². The zero-order chi connectivity index (χ0) is 21.6. The Balaban J connectivity index is 2.06. The molecule has 2 amide bonds. The number of thioether (sulfide) groups is 1. The van der Waals surface area contributed by atoms with Crippen LogP contribution in [0.15, 0.2) is 53.6 Å². The summed E-state index contributed by atoms with van der Waals surface area (Å²) in [6.45, 7) is 1.04. The largest absolute Gasteiger partial charge is 0.383 e. The first-order valence-corrected chi connectivity index (χ1v) is 10.4. The van der Waals surface area contributed by atoms with E-state index in [0.717, 1.165) is 23.8 Å². The van der Waals surface area contributed by atoms with Gasteiger partial charge in [0.15, 0.2) is 0 Å². The Morgan fingerprint density at radius 1 is 1.27 bits per heavy atom. The second kappa shape index (κ2) is 10.0. The van der Waals surface area contributed by atoms with Crippen LogP contribution in [0.5, 0.6) is 0 Å². The number of hydrogen-bond donors (Lipinski definition) is 2. The Bertz CT molecular complexity index is 913. The van der Waals surface area contributed by atoms with Crippen molar-refractivity contribution in [2.75, 3.05) is 26.8 Å². The molecule has 6 nitrogen and oxygen atoms in total. The standard InChI is InChI=1S/C21H24F2N4O2S/c1-29-13-12-25-20(28)27-21(10-5-11-24,15-6-3-2-4-7-15)30-19(26-27)17-14-16(22)8-9-18(17)23/h2-4,6-9,14H,5,10-13,24H2,1H3,(H,25,28). The minimum atomic E-state index is -0.939. The average molecular weight is 435 g/mol. The first kappa shape index (κ1) is 22.2. The number of methoxy groups -OCH3 is 1. The highest BCUT2D eigenvalue weighted by Crippen LogP contribution is 2.50. The van der Waals surface area contributed by atoms with Crippen molar-refractivity contribution in [3.05, 3.63) is 71.3 Å². The van der Waals surface area contributed by atoms with E-state index in [0.29, 0.717) is 26.0 Å². The maximum absolute atomic E-state index is 14.5. The molecule has 3 N–H and O–H groups in total. The summed E-state index contributed by atoms with van der Waals surface area (Å²) in [5.41, 5.74) is 6.60. The molecule has 9 heteroatoms. The second-order valence-electron chi connectivity index (χ2n) is 6.71. The first-order valence-electron chi connectivity index (χ1n) is 9.57. The zero-order valence-electron chi connectivity index (χ0n) is 16.6. The fourth-order valence-electron chi connectivity index (χ4n) is 3.23. The molecule has 2 aromatic carbocycles. The SMILES string of the molecule is COCCNC(=O)N1N=C(c2cc(F)ccc2F)SC1(CCCN)c1ccccc1. The van der Waals surface area contributed by atoms with Gasteiger partial charge in [-0.3, -0.25) is 0 Å². The Morgan fingerprint density at radius 3 is 2.73 bits per heavy atom. The fraction of sp³-hybridized carbons (Fsp3) is 0.333. The van der Waals surface area contributed by atoms with E-state index in [1.807, 2.05) is 30.3 Å². The van der Waals surface area contributed by atoms with Crippen molar-refractivity contribution in [2.24, 2.45) is 10.8 Å². The lowest BCUT2D eigenvalue weighted by molar-refractivity contribution is 0.154. The summed E-state index contributed by atoms with van der Waals surface area (Å²) in [6.07, 6.45) is 1.10. The first-order chi connectivity index (χ1) is 14.5. The van der Waals surface area contributed by atoms with Gasteiger partial charge in [0.2, 0.25) is 0 Å². The molecule has 30 heavy (non-hydrogen) atoms. The Kier molecular flexibility index (Phi) is 7.41. The van der Waals surface area contributed by atoms with Crippen LogP contribution < -0.4 is 11.1 Å². The van der Waals surface area contributed by atoms with Crippen LogP contribution in [0.1, 0.15) is 24.0 Å². The molecule has 1 aliphatic heterocycles. The summed E-state index contributed by atoms with van der Waals surface area (Å²) in [5, 5.41) is 8.75. The molecule has 0 aromatic heterocycles. The van der Waals surface area contributed by atoms with Crippen LogP contribution in [0, 0.1) is 11.6 Å². The summed E-state index contributed by atoms with van der Waals surface area (Å²) in [5.74, 6) is -1.19. The number of halogens is 2. The lowest BCUT2D eigenvalue weighted by Gasteiger charge is -2.35. The second-order valence-corrected chi connectivity index (χ2v) is 7.98. The quantitative estimate of drug-likeness (QED) is 0.622. The maximum atomic E-state index is 14.5. The molecular weight excluding hydrogens is 410 g/mol. The normalized spacial score (nSPS) is 18.4. The fourth-order valence-corrected chi connectivity index (χ4v) is 4.65. The molecule has 0 fully saturated rings. The van der Waals surface area contributed by atoms with E-state index in [1.54, 1.807) is 0 Å². The monoisotopic (exact) mass is 434 g/mol. The maximum Gasteiger partial charge on any atom is 0.339 e. The van der Waals surface area contributed by atoms with Crippen molar-refractivity contribution in [1.82, 2.24) is 10.3 Å². The zero-order valence-corrected chi connectivity index (χ0v) is 17.4. The molecule has 1 aliphatic rings. The molecule has 0 aliphatic carbocycles. The number of nitrogens with zero attached hydrogens (tertiary/aromatic N) is 2. The van der Waals surface area contributed by atoms with Crippen LogP contribution in [-0.2, 0) is 9.61 Å². The molecule has 1 atom stereocenters. The lowest BCUT2D eigenvalue weighted by atomic mass is 10.0. The van der Waals surface area contributed by atoms with Crippen molar-refractivity contribution >= 4 is 22.8 Å². The van der Waals surface area contributed by atoms with Crippen molar-refractivity contribution < 1.29 is 18.3 Å². The molecule has 0 spiro atoms. The topological polar surface area (TPSA) is 80.0 Å². The highest BCUT2D eigenvalue weighted by molar-refractivity contribution is 8.15.